The quantitative estimate of drug-likeness (QED) is 0.122. The highest BCUT2D eigenvalue weighted by molar-refractivity contribution is 5.96. The second kappa shape index (κ2) is 13.4. The van der Waals surface area contributed by atoms with Crippen molar-refractivity contribution >= 4 is 29.9 Å². The summed E-state index contributed by atoms with van der Waals surface area (Å²) in [7, 11) is 1.61. The van der Waals surface area contributed by atoms with Crippen LogP contribution >= 0.6 is 0 Å². The Labute approximate surface area is 251 Å². The monoisotopic (exact) mass is 577 g/mol. The molecule has 0 saturated carbocycles. The number of anilines is 2. The van der Waals surface area contributed by atoms with Crippen molar-refractivity contribution in [1.29, 1.82) is 0 Å². The fourth-order valence-electron chi connectivity index (χ4n) is 6.14. The number of pyridine rings is 1. The summed E-state index contributed by atoms with van der Waals surface area (Å²) in [6, 6.07) is 27.6. The Morgan fingerprint density at radius 2 is 1.44 bits per heavy atom. The van der Waals surface area contributed by atoms with Gasteiger partial charge in [-0.3, -0.25) is 24.7 Å². The maximum absolute atomic E-state index is 12.4. The molecule has 1 aromatic heterocycles. The molecule has 9 nitrogen and oxygen atoms in total. The summed E-state index contributed by atoms with van der Waals surface area (Å²) in [6.07, 6.45) is 7.36. The van der Waals surface area contributed by atoms with Gasteiger partial charge in [0.05, 0.1) is 28.7 Å². The lowest BCUT2D eigenvalue weighted by atomic mass is 9.68. The van der Waals surface area contributed by atoms with Crippen molar-refractivity contribution in [2.45, 2.75) is 24.7 Å². The van der Waals surface area contributed by atoms with Crippen molar-refractivity contribution in [3.63, 3.8) is 0 Å². The molecule has 0 atom stereocenters. The molecule has 220 valence electrons. The first-order chi connectivity index (χ1) is 21.0. The van der Waals surface area contributed by atoms with Gasteiger partial charge in [-0.25, -0.2) is 0 Å². The lowest BCUT2D eigenvalue weighted by Crippen LogP contribution is -2.44. The maximum atomic E-state index is 12.4. The molecule has 43 heavy (non-hydrogen) atoms. The van der Waals surface area contributed by atoms with E-state index in [-0.39, 0.29) is 11.1 Å². The van der Waals surface area contributed by atoms with Crippen molar-refractivity contribution in [2.75, 3.05) is 43.0 Å². The van der Waals surface area contributed by atoms with Gasteiger partial charge in [0.15, 0.2) is 0 Å². The summed E-state index contributed by atoms with van der Waals surface area (Å²) in [5, 5.41) is 11.2. The third kappa shape index (κ3) is 6.32. The van der Waals surface area contributed by atoms with Crippen molar-refractivity contribution in [3.05, 3.63) is 119 Å². The van der Waals surface area contributed by atoms with Crippen LogP contribution in [0.5, 0.6) is 0 Å². The number of aromatic nitrogens is 1. The molecule has 9 heteroatoms. The Bertz CT molecular complexity index is 1500. The van der Waals surface area contributed by atoms with Gasteiger partial charge in [0.2, 0.25) is 12.8 Å². The van der Waals surface area contributed by atoms with Gasteiger partial charge in [0.1, 0.15) is 0 Å². The minimum atomic E-state index is -0.461. The van der Waals surface area contributed by atoms with Gasteiger partial charge in [0.25, 0.3) is 5.69 Å². The van der Waals surface area contributed by atoms with E-state index in [0.717, 1.165) is 45.3 Å². The van der Waals surface area contributed by atoms with Crippen molar-refractivity contribution in [2.24, 2.45) is 0 Å². The van der Waals surface area contributed by atoms with Gasteiger partial charge in [-0.15, -0.1) is 0 Å². The zero-order chi connectivity index (χ0) is 30.2. The summed E-state index contributed by atoms with van der Waals surface area (Å²) in [6.45, 7) is 3.18. The first-order valence-electron chi connectivity index (χ1n) is 14.4. The van der Waals surface area contributed by atoms with E-state index in [0.29, 0.717) is 35.5 Å². The van der Waals surface area contributed by atoms with Crippen LogP contribution in [0.2, 0.25) is 0 Å². The van der Waals surface area contributed by atoms with Crippen LogP contribution in [0.15, 0.2) is 97.3 Å². The SMILES string of the molecule is CN(C=O)c1cncc(N(C=O)CCCN2CCC(c3ccccc3)(c3ccccc3)CC2)c1-c1ccc([N+](=O)[O-])cc1. The Morgan fingerprint density at radius 1 is 0.860 bits per heavy atom. The number of nitrogens with zero attached hydrogens (tertiary/aromatic N) is 5. The van der Waals surface area contributed by atoms with Crippen LogP contribution in [0.4, 0.5) is 17.1 Å². The number of rotatable bonds is 12. The number of nitro benzene ring substituents is 1. The molecule has 0 bridgehead atoms. The standard InChI is InChI=1S/C34H35N5O4/c1-36(25-40)31-23-35-24-32(33(31)27-13-15-30(16-14-27)39(42)43)38(26-41)20-8-19-37-21-17-34(18-22-37,28-9-4-2-5-10-28)29-11-6-3-7-12-29/h2-7,9-16,23-26H,8,17-22H2,1H3. The van der Waals surface area contributed by atoms with Gasteiger partial charge < -0.3 is 14.7 Å². The smallest absolute Gasteiger partial charge is 0.269 e. The number of hydrogen-bond acceptors (Lipinski definition) is 6. The molecule has 1 saturated heterocycles. The molecule has 5 rings (SSSR count). The van der Waals surface area contributed by atoms with E-state index in [1.165, 1.54) is 28.2 Å². The molecule has 2 heterocycles. The van der Waals surface area contributed by atoms with Crippen LogP contribution in [0.1, 0.15) is 30.4 Å². The van der Waals surface area contributed by atoms with E-state index in [1.807, 2.05) is 0 Å². The van der Waals surface area contributed by atoms with Crippen LogP contribution in [0, 0.1) is 10.1 Å². The second-order valence-electron chi connectivity index (χ2n) is 10.9. The first-order valence-corrected chi connectivity index (χ1v) is 14.4. The summed E-state index contributed by atoms with van der Waals surface area (Å²) in [5.41, 5.74) is 4.93. The summed E-state index contributed by atoms with van der Waals surface area (Å²) in [5.74, 6) is 0. The van der Waals surface area contributed by atoms with Crippen LogP contribution in [-0.4, -0.2) is 60.9 Å². The van der Waals surface area contributed by atoms with E-state index < -0.39 is 4.92 Å². The molecule has 1 aliphatic heterocycles. The van der Waals surface area contributed by atoms with Crippen molar-refractivity contribution < 1.29 is 14.5 Å². The predicted molar refractivity (Wildman–Crippen MR) is 168 cm³/mol. The Morgan fingerprint density at radius 3 is 1.98 bits per heavy atom. The lowest BCUT2D eigenvalue weighted by molar-refractivity contribution is -0.384. The largest absolute Gasteiger partial charge is 0.316 e. The lowest BCUT2D eigenvalue weighted by Gasteiger charge is -2.43. The molecule has 1 fully saturated rings. The van der Waals surface area contributed by atoms with Gasteiger partial charge in [0, 0.05) is 36.7 Å². The van der Waals surface area contributed by atoms with E-state index in [4.69, 9.17) is 0 Å². The van der Waals surface area contributed by atoms with Gasteiger partial charge >= 0.3 is 0 Å². The third-order valence-corrected chi connectivity index (χ3v) is 8.48. The van der Waals surface area contributed by atoms with Gasteiger partial charge in [-0.2, -0.15) is 0 Å². The third-order valence-electron chi connectivity index (χ3n) is 8.48. The number of nitro groups is 1. The Balaban J connectivity index is 1.31. The zero-order valence-electron chi connectivity index (χ0n) is 24.2. The van der Waals surface area contributed by atoms with Crippen LogP contribution in [-0.2, 0) is 15.0 Å². The van der Waals surface area contributed by atoms with Crippen molar-refractivity contribution in [1.82, 2.24) is 9.88 Å². The molecular weight excluding hydrogens is 542 g/mol. The minimum Gasteiger partial charge on any atom is -0.316 e. The molecule has 0 spiro atoms. The zero-order valence-corrected chi connectivity index (χ0v) is 24.2. The Kier molecular flexibility index (Phi) is 9.22. The van der Waals surface area contributed by atoms with E-state index in [9.17, 15) is 19.7 Å². The van der Waals surface area contributed by atoms with Gasteiger partial charge in [-0.1, -0.05) is 60.7 Å². The molecule has 3 aromatic carbocycles. The summed E-state index contributed by atoms with van der Waals surface area (Å²) in [4.78, 5) is 44.5. The number of benzene rings is 3. The average Bonchev–Trinajstić information content (AvgIpc) is 3.07. The fraction of sp³-hybridized carbons (Fsp3) is 0.265. The molecule has 0 radical (unpaired) electrons. The van der Waals surface area contributed by atoms with Crippen LogP contribution in [0.3, 0.4) is 0 Å². The van der Waals surface area contributed by atoms with Crippen LogP contribution < -0.4 is 9.80 Å². The minimum absolute atomic E-state index is 0.0236. The number of hydrogen-bond donors (Lipinski definition) is 0. The number of amides is 2. The summed E-state index contributed by atoms with van der Waals surface area (Å²) >= 11 is 0. The first kappa shape index (κ1) is 29.6. The van der Waals surface area contributed by atoms with E-state index in [2.05, 4.69) is 70.5 Å². The number of non-ortho nitro benzene ring substituents is 1. The molecule has 0 aliphatic carbocycles. The molecular formula is C34H35N5O4. The Hall–Kier alpha value is -4.89. The van der Waals surface area contributed by atoms with Crippen LogP contribution in [0.25, 0.3) is 11.1 Å². The van der Waals surface area contributed by atoms with E-state index >= 15 is 0 Å². The van der Waals surface area contributed by atoms with Crippen molar-refractivity contribution in [3.8, 4) is 11.1 Å². The number of carbonyl (C=O) groups excluding carboxylic acids is 2. The number of carbonyl (C=O) groups is 2. The summed E-state index contributed by atoms with van der Waals surface area (Å²) < 4.78 is 0. The predicted octanol–water partition coefficient (Wildman–Crippen LogP) is 5.68. The van der Waals surface area contributed by atoms with Gasteiger partial charge in [-0.05, 0) is 67.7 Å². The maximum Gasteiger partial charge on any atom is 0.269 e. The highest BCUT2D eigenvalue weighted by Gasteiger charge is 2.37. The average molecular weight is 578 g/mol. The molecule has 4 aromatic rings. The highest BCUT2D eigenvalue weighted by atomic mass is 16.6. The number of likely N-dealkylation sites (tertiary alicyclic amines) is 1. The molecule has 2 amide bonds. The number of piperidine rings is 1. The fourth-order valence-corrected chi connectivity index (χ4v) is 6.14. The molecule has 0 unspecified atom stereocenters. The highest BCUT2D eigenvalue weighted by Crippen LogP contribution is 2.42. The normalized spacial score (nSPS) is 14.5. The molecule has 0 N–H and O–H groups in total. The van der Waals surface area contributed by atoms with E-state index in [1.54, 1.807) is 36.5 Å². The molecule has 1 aliphatic rings. The second-order valence-corrected chi connectivity index (χ2v) is 10.9. The topological polar surface area (TPSA) is 99.9 Å².